The molecule has 6 nitrogen and oxygen atoms in total. The van der Waals surface area contributed by atoms with E-state index in [-0.39, 0.29) is 0 Å². The molecule has 0 aliphatic heterocycles. The van der Waals surface area contributed by atoms with Crippen molar-refractivity contribution in [2.24, 2.45) is 0 Å². The van der Waals surface area contributed by atoms with Crippen molar-refractivity contribution in [1.29, 1.82) is 0 Å². The van der Waals surface area contributed by atoms with Gasteiger partial charge in [0.15, 0.2) is 0 Å². The maximum absolute atomic E-state index is 12.4. The third-order valence-electron chi connectivity index (χ3n) is 5.23. The van der Waals surface area contributed by atoms with Gasteiger partial charge in [0, 0.05) is 6.42 Å². The van der Waals surface area contributed by atoms with Crippen LogP contribution in [-0.4, -0.2) is 34.4 Å². The van der Waals surface area contributed by atoms with Gasteiger partial charge in [-0.15, -0.1) is 9.78 Å². The first-order valence-electron chi connectivity index (χ1n) is 11.4. The first-order chi connectivity index (χ1) is 15.4. The third-order valence-corrected chi connectivity index (χ3v) is 9.36. The summed E-state index contributed by atoms with van der Waals surface area (Å²) in [6.07, 6.45) is 1.01. The largest absolute Gasteiger partial charge is 0.373 e. The molecule has 0 saturated carbocycles. The van der Waals surface area contributed by atoms with E-state index in [1.807, 2.05) is 31.2 Å². The standard InChI is InChI=1S/C25H36O6Si2/c1-8-9-10-23(28-30-24(26)19-11-15-21(16-12-19)32(2,3)4)29-31-25(27)20-13-17-22(18-14-20)33(5,6)7/h11-18,23H,8-10H2,1-7H3. The van der Waals surface area contributed by atoms with Gasteiger partial charge < -0.3 is 0 Å². The van der Waals surface area contributed by atoms with Crippen LogP contribution in [0.4, 0.5) is 0 Å². The molecule has 8 heteroatoms. The summed E-state index contributed by atoms with van der Waals surface area (Å²) in [5, 5.41) is 2.49. The summed E-state index contributed by atoms with van der Waals surface area (Å²) in [5.41, 5.74) is 0.761. The predicted octanol–water partition coefficient (Wildman–Crippen LogP) is 5.17. The Kier molecular flexibility index (Phi) is 9.60. The zero-order chi connectivity index (χ0) is 24.6. The van der Waals surface area contributed by atoms with E-state index in [0.717, 1.165) is 12.8 Å². The molecule has 0 aromatic heterocycles. The van der Waals surface area contributed by atoms with Gasteiger partial charge >= 0.3 is 11.9 Å². The molecule has 0 saturated heterocycles. The van der Waals surface area contributed by atoms with E-state index in [9.17, 15) is 9.59 Å². The Labute approximate surface area is 199 Å². The molecule has 0 fully saturated rings. The highest BCUT2D eigenvalue weighted by Gasteiger charge is 2.21. The van der Waals surface area contributed by atoms with Crippen LogP contribution in [0, 0.1) is 0 Å². The van der Waals surface area contributed by atoms with Crippen LogP contribution in [0.3, 0.4) is 0 Å². The highest BCUT2D eigenvalue weighted by molar-refractivity contribution is 6.89. The quantitative estimate of drug-likeness (QED) is 0.188. The fourth-order valence-corrected chi connectivity index (χ4v) is 5.32. The van der Waals surface area contributed by atoms with Gasteiger partial charge in [-0.3, -0.25) is 9.78 Å². The van der Waals surface area contributed by atoms with Crippen molar-refractivity contribution < 1.29 is 29.1 Å². The lowest BCUT2D eigenvalue weighted by molar-refractivity contribution is -0.421. The molecule has 2 aromatic carbocycles. The minimum Gasteiger partial charge on any atom is -0.290 e. The summed E-state index contributed by atoms with van der Waals surface area (Å²) < 4.78 is 0. The van der Waals surface area contributed by atoms with Crippen LogP contribution in [0.25, 0.3) is 0 Å². The summed E-state index contributed by atoms with van der Waals surface area (Å²) >= 11 is 0. The number of benzene rings is 2. The van der Waals surface area contributed by atoms with E-state index in [4.69, 9.17) is 19.6 Å². The van der Waals surface area contributed by atoms with Crippen molar-refractivity contribution >= 4 is 38.5 Å². The molecular formula is C25H36O6Si2. The predicted molar refractivity (Wildman–Crippen MR) is 135 cm³/mol. The second-order valence-corrected chi connectivity index (χ2v) is 20.3. The Balaban J connectivity index is 1.93. The highest BCUT2D eigenvalue weighted by Crippen LogP contribution is 2.13. The molecule has 2 aromatic rings. The summed E-state index contributed by atoms with van der Waals surface area (Å²) in [6.45, 7) is 15.4. The normalized spacial score (nSPS) is 12.0. The van der Waals surface area contributed by atoms with Crippen molar-refractivity contribution in [2.75, 3.05) is 0 Å². The molecule has 180 valence electrons. The van der Waals surface area contributed by atoms with Crippen molar-refractivity contribution in [2.45, 2.75) is 71.8 Å². The second kappa shape index (κ2) is 11.7. The average molecular weight is 489 g/mol. The summed E-state index contributed by atoms with van der Waals surface area (Å²) in [7, 11) is -2.91. The van der Waals surface area contributed by atoms with Crippen LogP contribution >= 0.6 is 0 Å². The van der Waals surface area contributed by atoms with E-state index in [0.29, 0.717) is 17.5 Å². The van der Waals surface area contributed by atoms with Crippen LogP contribution in [0.15, 0.2) is 48.5 Å². The van der Waals surface area contributed by atoms with Gasteiger partial charge in [0.1, 0.15) is 0 Å². The molecule has 0 amide bonds. The number of rotatable bonds is 11. The van der Waals surface area contributed by atoms with Gasteiger partial charge in [0.2, 0.25) is 6.29 Å². The third kappa shape index (κ3) is 8.55. The summed E-state index contributed by atoms with van der Waals surface area (Å²) in [6, 6.07) is 14.7. The zero-order valence-electron chi connectivity index (χ0n) is 20.8. The summed E-state index contributed by atoms with van der Waals surface area (Å²) in [5.74, 6) is -1.26. The Hall–Kier alpha value is -2.27. The van der Waals surface area contributed by atoms with Gasteiger partial charge in [-0.1, -0.05) is 87.3 Å². The molecule has 0 radical (unpaired) electrons. The second-order valence-electron chi connectivity index (χ2n) is 10.2. The number of hydrogen-bond acceptors (Lipinski definition) is 6. The first kappa shape index (κ1) is 27.0. The van der Waals surface area contributed by atoms with Crippen molar-refractivity contribution in [3.8, 4) is 0 Å². The molecule has 0 aliphatic rings. The molecule has 0 heterocycles. The number of carbonyl (C=O) groups excluding carboxylic acids is 2. The van der Waals surface area contributed by atoms with E-state index in [1.54, 1.807) is 24.3 Å². The number of hydrogen-bond donors (Lipinski definition) is 0. The Bertz CT molecular complexity index is 838. The summed E-state index contributed by atoms with van der Waals surface area (Å²) in [4.78, 5) is 45.0. The van der Waals surface area contributed by atoms with Gasteiger partial charge in [0.25, 0.3) is 0 Å². The Morgan fingerprint density at radius 3 is 1.36 bits per heavy atom. The van der Waals surface area contributed by atoms with Crippen LogP contribution in [-0.2, 0) is 19.6 Å². The fourth-order valence-electron chi connectivity index (χ4n) is 2.99. The highest BCUT2D eigenvalue weighted by atomic mass is 28.3. The fraction of sp³-hybridized carbons (Fsp3) is 0.440. The maximum Gasteiger partial charge on any atom is 0.373 e. The van der Waals surface area contributed by atoms with E-state index in [1.165, 1.54) is 10.4 Å². The SMILES string of the molecule is CCCCC(OOC(=O)c1ccc([Si](C)(C)C)cc1)OOC(=O)c1ccc([Si](C)(C)C)cc1. The van der Waals surface area contributed by atoms with Crippen LogP contribution < -0.4 is 10.4 Å². The molecule has 0 N–H and O–H groups in total. The van der Waals surface area contributed by atoms with E-state index >= 15 is 0 Å². The monoisotopic (exact) mass is 488 g/mol. The maximum atomic E-state index is 12.4. The molecule has 0 spiro atoms. The van der Waals surface area contributed by atoms with Crippen molar-refractivity contribution in [3.05, 3.63) is 59.7 Å². The lowest BCUT2D eigenvalue weighted by Gasteiger charge is -2.17. The van der Waals surface area contributed by atoms with Crippen molar-refractivity contribution in [3.63, 3.8) is 0 Å². The van der Waals surface area contributed by atoms with Crippen molar-refractivity contribution in [1.82, 2.24) is 0 Å². The Morgan fingerprint density at radius 1 is 0.697 bits per heavy atom. The van der Waals surface area contributed by atoms with Gasteiger partial charge in [-0.05, 0) is 30.7 Å². The molecule has 2 rings (SSSR count). The smallest absolute Gasteiger partial charge is 0.290 e. The lowest BCUT2D eigenvalue weighted by atomic mass is 10.2. The lowest BCUT2D eigenvalue weighted by Crippen LogP contribution is -2.37. The molecule has 0 atom stereocenters. The molecule has 0 unspecified atom stereocenters. The molecular weight excluding hydrogens is 452 g/mol. The molecule has 0 aliphatic carbocycles. The van der Waals surface area contributed by atoms with Gasteiger partial charge in [-0.25, -0.2) is 9.59 Å². The van der Waals surface area contributed by atoms with Gasteiger partial charge in [0.05, 0.1) is 27.3 Å². The average Bonchev–Trinajstić information content (AvgIpc) is 2.77. The molecule has 0 bridgehead atoms. The Morgan fingerprint density at radius 2 is 1.06 bits per heavy atom. The van der Waals surface area contributed by atoms with Crippen LogP contribution in [0.2, 0.25) is 39.3 Å². The van der Waals surface area contributed by atoms with Crippen LogP contribution in [0.5, 0.6) is 0 Å². The number of carbonyl (C=O) groups is 2. The number of unbranched alkanes of at least 4 members (excludes halogenated alkanes) is 1. The minimum atomic E-state index is -1.45. The van der Waals surface area contributed by atoms with E-state index in [2.05, 4.69) is 39.3 Å². The minimum absolute atomic E-state index is 0.380. The topological polar surface area (TPSA) is 71.1 Å². The van der Waals surface area contributed by atoms with E-state index < -0.39 is 34.4 Å². The molecule has 33 heavy (non-hydrogen) atoms. The first-order valence-corrected chi connectivity index (χ1v) is 18.4. The van der Waals surface area contributed by atoms with Crippen LogP contribution in [0.1, 0.15) is 46.9 Å². The zero-order valence-corrected chi connectivity index (χ0v) is 22.8. The van der Waals surface area contributed by atoms with Gasteiger partial charge in [-0.2, -0.15) is 0 Å².